The van der Waals surface area contributed by atoms with E-state index >= 15 is 0 Å². The van der Waals surface area contributed by atoms with Gasteiger partial charge in [-0.1, -0.05) is 19.1 Å². The lowest BCUT2D eigenvalue weighted by atomic mass is 9.73. The summed E-state index contributed by atoms with van der Waals surface area (Å²) in [5.74, 6) is 0.329. The summed E-state index contributed by atoms with van der Waals surface area (Å²) in [6.07, 6.45) is 5.58. The number of benzene rings is 2. The van der Waals surface area contributed by atoms with Gasteiger partial charge in [0, 0.05) is 23.2 Å². The molecule has 0 aliphatic heterocycles. The third-order valence-electron chi connectivity index (χ3n) is 6.37. The molecule has 0 saturated heterocycles. The van der Waals surface area contributed by atoms with Crippen molar-refractivity contribution in [2.24, 2.45) is 11.8 Å². The third kappa shape index (κ3) is 4.04. The highest BCUT2D eigenvalue weighted by atomic mass is 19.1. The zero-order valence-electron chi connectivity index (χ0n) is 16.9. The van der Waals surface area contributed by atoms with Crippen LogP contribution < -0.4 is 5.32 Å². The number of rotatable bonds is 4. The number of aromatic nitrogens is 1. The summed E-state index contributed by atoms with van der Waals surface area (Å²) in [5, 5.41) is 12.7. The average Bonchev–Trinajstić information content (AvgIpc) is 2.79. The van der Waals surface area contributed by atoms with Crippen LogP contribution in [0.5, 0.6) is 0 Å². The maximum Gasteiger partial charge on any atom is 0.227 e. The molecule has 1 aliphatic rings. The molecule has 1 N–H and O–H groups in total. The first kappa shape index (κ1) is 20.0. The van der Waals surface area contributed by atoms with Gasteiger partial charge in [-0.3, -0.25) is 9.78 Å². The fourth-order valence-corrected chi connectivity index (χ4v) is 4.55. The van der Waals surface area contributed by atoms with Crippen LogP contribution in [0.4, 0.5) is 10.1 Å². The van der Waals surface area contributed by atoms with Gasteiger partial charge in [0.05, 0.1) is 11.6 Å². The standard InChI is InChI=1S/C25H24FN3O/c1-16(25(30)29-20-11-5-17(15-27)6-12-20)18-7-9-19(10-8-18)21-13-14-28-24-22(21)3-2-4-23(24)26/h2-6,11-14,16,18-19H,7-10H2,1H3,(H,29,30)/t16-,18-,19+/m1/s1. The Morgan fingerprint density at radius 1 is 1.13 bits per heavy atom. The minimum atomic E-state index is -0.281. The SMILES string of the molecule is C[C@@H](C(=O)Nc1ccc(C#N)cc1)[C@H]1CC[C@@H](c2ccnc3c(F)cccc32)CC1. The number of anilines is 1. The van der Waals surface area contributed by atoms with E-state index in [1.165, 1.54) is 6.07 Å². The molecular formula is C25H24FN3O. The van der Waals surface area contributed by atoms with E-state index in [9.17, 15) is 9.18 Å². The van der Waals surface area contributed by atoms with Gasteiger partial charge in [-0.2, -0.15) is 5.26 Å². The number of nitriles is 1. The summed E-state index contributed by atoms with van der Waals surface area (Å²) in [7, 11) is 0. The molecule has 3 aromatic rings. The highest BCUT2D eigenvalue weighted by Gasteiger charge is 2.30. The molecule has 0 radical (unpaired) electrons. The molecule has 30 heavy (non-hydrogen) atoms. The monoisotopic (exact) mass is 401 g/mol. The molecule has 1 fully saturated rings. The second-order valence-electron chi connectivity index (χ2n) is 8.11. The average molecular weight is 401 g/mol. The van der Waals surface area contributed by atoms with E-state index in [4.69, 9.17) is 5.26 Å². The molecule has 0 bridgehead atoms. The molecule has 4 rings (SSSR count). The van der Waals surface area contributed by atoms with Crippen molar-refractivity contribution < 1.29 is 9.18 Å². The second-order valence-corrected chi connectivity index (χ2v) is 8.11. The predicted octanol–water partition coefficient (Wildman–Crippen LogP) is 5.79. The maximum atomic E-state index is 14.1. The number of hydrogen-bond acceptors (Lipinski definition) is 3. The zero-order valence-corrected chi connectivity index (χ0v) is 16.9. The van der Waals surface area contributed by atoms with E-state index in [0.717, 1.165) is 36.6 Å². The molecule has 1 heterocycles. The maximum absolute atomic E-state index is 14.1. The van der Waals surface area contributed by atoms with Gasteiger partial charge in [0.15, 0.2) is 0 Å². The van der Waals surface area contributed by atoms with Gasteiger partial charge in [0.2, 0.25) is 5.91 Å². The number of halogens is 1. The summed E-state index contributed by atoms with van der Waals surface area (Å²) in [6, 6.07) is 16.1. The molecule has 5 heteroatoms. The Morgan fingerprint density at radius 2 is 1.87 bits per heavy atom. The Kier molecular flexibility index (Phi) is 5.76. The molecule has 152 valence electrons. The Bertz CT molecular complexity index is 1100. The molecule has 1 atom stereocenters. The van der Waals surface area contributed by atoms with Crippen molar-refractivity contribution in [2.75, 3.05) is 5.32 Å². The fraction of sp³-hybridized carbons (Fsp3) is 0.320. The van der Waals surface area contributed by atoms with Gasteiger partial charge < -0.3 is 5.32 Å². The van der Waals surface area contributed by atoms with Gasteiger partial charge in [-0.05, 0) is 79.5 Å². The summed E-state index contributed by atoms with van der Waals surface area (Å²) in [5.41, 5.74) is 2.88. The normalized spacial score (nSPS) is 19.8. The lowest BCUT2D eigenvalue weighted by molar-refractivity contribution is -0.121. The number of nitrogens with zero attached hydrogens (tertiary/aromatic N) is 2. The Morgan fingerprint density at radius 3 is 2.57 bits per heavy atom. The van der Waals surface area contributed by atoms with Crippen LogP contribution in [0.2, 0.25) is 0 Å². The Balaban J connectivity index is 1.40. The highest BCUT2D eigenvalue weighted by molar-refractivity contribution is 5.92. The van der Waals surface area contributed by atoms with E-state index in [0.29, 0.717) is 28.6 Å². The number of nitrogens with one attached hydrogen (secondary N) is 1. The van der Waals surface area contributed by atoms with E-state index < -0.39 is 0 Å². The number of fused-ring (bicyclic) bond motifs is 1. The molecule has 2 aromatic carbocycles. The van der Waals surface area contributed by atoms with E-state index in [1.54, 1.807) is 36.5 Å². The quantitative estimate of drug-likeness (QED) is 0.601. The number of para-hydroxylation sites is 1. The summed E-state index contributed by atoms with van der Waals surface area (Å²) >= 11 is 0. The molecule has 1 aromatic heterocycles. The smallest absolute Gasteiger partial charge is 0.227 e. The van der Waals surface area contributed by atoms with Crippen LogP contribution in [0.15, 0.2) is 54.7 Å². The van der Waals surface area contributed by atoms with E-state index in [-0.39, 0.29) is 17.6 Å². The van der Waals surface area contributed by atoms with Crippen LogP contribution in [0.3, 0.4) is 0 Å². The van der Waals surface area contributed by atoms with Gasteiger partial charge in [0.25, 0.3) is 0 Å². The number of pyridine rings is 1. The van der Waals surface area contributed by atoms with Crippen LogP contribution in [-0.2, 0) is 4.79 Å². The topological polar surface area (TPSA) is 65.8 Å². The number of carbonyl (C=O) groups is 1. The highest BCUT2D eigenvalue weighted by Crippen LogP contribution is 2.41. The fourth-order valence-electron chi connectivity index (χ4n) is 4.55. The molecule has 0 spiro atoms. The van der Waals surface area contributed by atoms with Crippen LogP contribution in [-0.4, -0.2) is 10.9 Å². The minimum absolute atomic E-state index is 0.0135. The van der Waals surface area contributed by atoms with Crippen LogP contribution in [0.1, 0.15) is 49.7 Å². The Labute approximate surface area is 175 Å². The van der Waals surface area contributed by atoms with Gasteiger partial charge in [-0.25, -0.2) is 4.39 Å². The van der Waals surface area contributed by atoms with Crippen molar-refractivity contribution in [3.63, 3.8) is 0 Å². The molecular weight excluding hydrogens is 377 g/mol. The number of carbonyl (C=O) groups excluding carboxylic acids is 1. The van der Waals surface area contributed by atoms with Gasteiger partial charge in [0.1, 0.15) is 11.3 Å². The zero-order chi connectivity index (χ0) is 21.1. The predicted molar refractivity (Wildman–Crippen MR) is 115 cm³/mol. The van der Waals surface area contributed by atoms with Gasteiger partial charge >= 0.3 is 0 Å². The first-order valence-electron chi connectivity index (χ1n) is 10.4. The van der Waals surface area contributed by atoms with Crippen LogP contribution >= 0.6 is 0 Å². The van der Waals surface area contributed by atoms with Crippen molar-refractivity contribution in [1.29, 1.82) is 5.26 Å². The van der Waals surface area contributed by atoms with Crippen molar-refractivity contribution in [2.45, 2.75) is 38.5 Å². The van der Waals surface area contributed by atoms with Gasteiger partial charge in [-0.15, -0.1) is 0 Å². The summed E-state index contributed by atoms with van der Waals surface area (Å²) in [4.78, 5) is 16.9. The first-order valence-corrected chi connectivity index (χ1v) is 10.4. The van der Waals surface area contributed by atoms with Crippen molar-refractivity contribution in [3.8, 4) is 6.07 Å². The summed E-state index contributed by atoms with van der Waals surface area (Å²) in [6.45, 7) is 1.99. The molecule has 1 aliphatic carbocycles. The van der Waals surface area contributed by atoms with Crippen molar-refractivity contribution >= 4 is 22.5 Å². The van der Waals surface area contributed by atoms with E-state index in [2.05, 4.69) is 16.4 Å². The molecule has 0 unspecified atom stereocenters. The van der Waals surface area contributed by atoms with Crippen molar-refractivity contribution in [1.82, 2.24) is 4.98 Å². The number of hydrogen-bond donors (Lipinski definition) is 1. The summed E-state index contributed by atoms with van der Waals surface area (Å²) < 4.78 is 14.1. The third-order valence-corrected chi connectivity index (χ3v) is 6.37. The molecule has 1 amide bonds. The largest absolute Gasteiger partial charge is 0.326 e. The van der Waals surface area contributed by atoms with Crippen LogP contribution in [0, 0.1) is 29.0 Å². The van der Waals surface area contributed by atoms with E-state index in [1.807, 2.05) is 19.1 Å². The lowest BCUT2D eigenvalue weighted by Crippen LogP contribution is -2.29. The van der Waals surface area contributed by atoms with Crippen LogP contribution in [0.25, 0.3) is 10.9 Å². The first-order chi connectivity index (χ1) is 14.6. The second kappa shape index (κ2) is 8.62. The molecule has 1 saturated carbocycles. The molecule has 4 nitrogen and oxygen atoms in total. The number of amides is 1. The Hall–Kier alpha value is -3.26. The minimum Gasteiger partial charge on any atom is -0.326 e. The van der Waals surface area contributed by atoms with Crippen molar-refractivity contribution in [3.05, 3.63) is 71.7 Å². The lowest BCUT2D eigenvalue weighted by Gasteiger charge is -2.32.